The molecule has 1 unspecified atom stereocenters. The van der Waals surface area contributed by atoms with Crippen LogP contribution in [0.1, 0.15) is 44.7 Å². The molecule has 23 heavy (non-hydrogen) atoms. The standard InChI is InChI=1S/C17H27FN2O2S/c1-3-4-7-14-23(21,22)20-12-10-19(11-13-20)15(2)16-8-5-6-9-17(16)18/h5-6,8-9,15H,3-4,7,10-14H2,1-2H3. The van der Waals surface area contributed by atoms with Crippen molar-refractivity contribution in [2.45, 2.75) is 39.2 Å². The van der Waals surface area contributed by atoms with Crippen LogP contribution in [-0.2, 0) is 10.0 Å². The van der Waals surface area contributed by atoms with Crippen molar-refractivity contribution in [3.05, 3.63) is 35.6 Å². The van der Waals surface area contributed by atoms with E-state index in [-0.39, 0.29) is 17.6 Å². The molecular weight excluding hydrogens is 315 g/mol. The molecule has 0 bridgehead atoms. The number of sulfonamides is 1. The smallest absolute Gasteiger partial charge is 0.214 e. The van der Waals surface area contributed by atoms with Gasteiger partial charge in [-0.15, -0.1) is 0 Å². The maximum Gasteiger partial charge on any atom is 0.214 e. The Morgan fingerprint density at radius 2 is 1.78 bits per heavy atom. The fourth-order valence-corrected chi connectivity index (χ4v) is 4.59. The molecule has 0 saturated carbocycles. The maximum absolute atomic E-state index is 13.9. The Kier molecular flexibility index (Phi) is 6.56. The molecule has 0 spiro atoms. The zero-order valence-corrected chi connectivity index (χ0v) is 14.9. The van der Waals surface area contributed by atoms with Crippen LogP contribution in [0.5, 0.6) is 0 Å². The highest BCUT2D eigenvalue weighted by Gasteiger charge is 2.29. The molecule has 1 heterocycles. The summed E-state index contributed by atoms with van der Waals surface area (Å²) in [5.74, 6) is 0.0404. The first kappa shape index (κ1) is 18.4. The summed E-state index contributed by atoms with van der Waals surface area (Å²) in [4.78, 5) is 2.15. The summed E-state index contributed by atoms with van der Waals surface area (Å²) >= 11 is 0. The Bertz CT molecular complexity index is 598. The Labute approximate surface area is 139 Å². The highest BCUT2D eigenvalue weighted by molar-refractivity contribution is 7.89. The molecule has 1 aromatic carbocycles. The van der Waals surface area contributed by atoms with Gasteiger partial charge in [0.15, 0.2) is 0 Å². The molecule has 2 rings (SSSR count). The van der Waals surface area contributed by atoms with E-state index in [9.17, 15) is 12.8 Å². The number of unbranched alkanes of at least 4 members (excludes halogenated alkanes) is 2. The molecule has 1 saturated heterocycles. The average molecular weight is 342 g/mol. The maximum atomic E-state index is 13.9. The van der Waals surface area contributed by atoms with E-state index in [0.29, 0.717) is 31.7 Å². The Hall–Kier alpha value is -0.980. The second-order valence-electron chi connectivity index (χ2n) is 6.16. The van der Waals surface area contributed by atoms with E-state index in [1.54, 1.807) is 16.4 Å². The number of hydrogen-bond donors (Lipinski definition) is 0. The monoisotopic (exact) mass is 342 g/mol. The van der Waals surface area contributed by atoms with E-state index in [1.165, 1.54) is 6.07 Å². The summed E-state index contributed by atoms with van der Waals surface area (Å²) in [5.41, 5.74) is 0.673. The van der Waals surface area contributed by atoms with Crippen molar-refractivity contribution >= 4 is 10.0 Å². The largest absolute Gasteiger partial charge is 0.294 e. The van der Waals surface area contributed by atoms with E-state index in [0.717, 1.165) is 19.3 Å². The summed E-state index contributed by atoms with van der Waals surface area (Å²) in [7, 11) is -3.14. The highest BCUT2D eigenvalue weighted by atomic mass is 32.2. The molecule has 1 aromatic rings. The molecule has 0 radical (unpaired) electrons. The molecular formula is C17H27FN2O2S. The first-order valence-electron chi connectivity index (χ1n) is 8.42. The second-order valence-corrected chi connectivity index (χ2v) is 8.24. The number of hydrogen-bond acceptors (Lipinski definition) is 3. The first-order chi connectivity index (χ1) is 11.0. The van der Waals surface area contributed by atoms with Crippen LogP contribution >= 0.6 is 0 Å². The molecule has 0 N–H and O–H groups in total. The summed E-state index contributed by atoms with van der Waals surface area (Å²) in [5, 5.41) is 0. The van der Waals surface area contributed by atoms with Gasteiger partial charge in [0.2, 0.25) is 10.0 Å². The van der Waals surface area contributed by atoms with Crippen LogP contribution in [0, 0.1) is 5.82 Å². The van der Waals surface area contributed by atoms with Gasteiger partial charge < -0.3 is 0 Å². The fraction of sp³-hybridized carbons (Fsp3) is 0.647. The molecule has 1 aliphatic rings. The van der Waals surface area contributed by atoms with Crippen molar-refractivity contribution in [2.24, 2.45) is 0 Å². The lowest BCUT2D eigenvalue weighted by Crippen LogP contribution is -2.49. The van der Waals surface area contributed by atoms with Crippen molar-refractivity contribution in [3.63, 3.8) is 0 Å². The van der Waals surface area contributed by atoms with E-state index < -0.39 is 10.0 Å². The van der Waals surface area contributed by atoms with E-state index in [4.69, 9.17) is 0 Å². The van der Waals surface area contributed by atoms with Gasteiger partial charge in [-0.05, 0) is 19.4 Å². The number of benzene rings is 1. The van der Waals surface area contributed by atoms with Gasteiger partial charge in [-0.1, -0.05) is 38.0 Å². The third-order valence-electron chi connectivity index (χ3n) is 4.58. The summed E-state index contributed by atoms with van der Waals surface area (Å²) in [6, 6.07) is 6.75. The topological polar surface area (TPSA) is 40.6 Å². The molecule has 0 amide bonds. The van der Waals surface area contributed by atoms with Gasteiger partial charge in [0, 0.05) is 37.8 Å². The number of halogens is 1. The second kappa shape index (κ2) is 8.22. The molecule has 4 nitrogen and oxygen atoms in total. The minimum Gasteiger partial charge on any atom is -0.294 e. The van der Waals surface area contributed by atoms with Crippen molar-refractivity contribution < 1.29 is 12.8 Å². The van der Waals surface area contributed by atoms with Crippen LogP contribution in [0.3, 0.4) is 0 Å². The minimum atomic E-state index is -3.14. The third kappa shape index (κ3) is 4.75. The van der Waals surface area contributed by atoms with Crippen LogP contribution in [0.25, 0.3) is 0 Å². The predicted molar refractivity (Wildman–Crippen MR) is 91.3 cm³/mol. The Balaban J connectivity index is 1.92. The first-order valence-corrected chi connectivity index (χ1v) is 10.0. The molecule has 0 aromatic heterocycles. The van der Waals surface area contributed by atoms with Crippen molar-refractivity contribution in [1.82, 2.24) is 9.21 Å². The van der Waals surface area contributed by atoms with Gasteiger partial charge >= 0.3 is 0 Å². The molecule has 1 atom stereocenters. The molecule has 130 valence electrons. The average Bonchev–Trinajstić information content (AvgIpc) is 2.55. The van der Waals surface area contributed by atoms with E-state index in [1.807, 2.05) is 13.0 Å². The van der Waals surface area contributed by atoms with Crippen LogP contribution in [0.15, 0.2) is 24.3 Å². The van der Waals surface area contributed by atoms with E-state index >= 15 is 0 Å². The Morgan fingerprint density at radius 3 is 2.39 bits per heavy atom. The predicted octanol–water partition coefficient (Wildman–Crippen LogP) is 3.02. The minimum absolute atomic E-state index is 0.0406. The van der Waals surface area contributed by atoms with Crippen LogP contribution in [0.4, 0.5) is 4.39 Å². The number of rotatable bonds is 7. The number of nitrogens with zero attached hydrogens (tertiary/aromatic N) is 2. The summed E-state index contributed by atoms with van der Waals surface area (Å²) < 4.78 is 40.1. The highest BCUT2D eigenvalue weighted by Crippen LogP contribution is 2.24. The molecule has 1 fully saturated rings. The fourth-order valence-electron chi connectivity index (χ4n) is 3.04. The van der Waals surface area contributed by atoms with Gasteiger partial charge in [-0.2, -0.15) is 4.31 Å². The van der Waals surface area contributed by atoms with Gasteiger partial charge in [0.1, 0.15) is 5.82 Å². The van der Waals surface area contributed by atoms with Gasteiger partial charge in [0.05, 0.1) is 5.75 Å². The summed E-state index contributed by atoms with van der Waals surface area (Å²) in [6.45, 7) is 6.31. The zero-order valence-electron chi connectivity index (χ0n) is 14.0. The van der Waals surface area contributed by atoms with Crippen LogP contribution in [-0.4, -0.2) is 49.6 Å². The third-order valence-corrected chi connectivity index (χ3v) is 6.53. The number of piperazine rings is 1. The van der Waals surface area contributed by atoms with Gasteiger partial charge in [0.25, 0.3) is 0 Å². The Morgan fingerprint density at radius 1 is 1.13 bits per heavy atom. The zero-order chi connectivity index (χ0) is 16.9. The normalized spacial score (nSPS) is 18.9. The molecule has 1 aliphatic heterocycles. The lowest BCUT2D eigenvalue weighted by molar-refractivity contribution is 0.143. The lowest BCUT2D eigenvalue weighted by Gasteiger charge is -2.37. The van der Waals surface area contributed by atoms with Crippen LogP contribution in [0.2, 0.25) is 0 Å². The van der Waals surface area contributed by atoms with Crippen molar-refractivity contribution in [2.75, 3.05) is 31.9 Å². The molecule has 6 heteroatoms. The van der Waals surface area contributed by atoms with E-state index in [2.05, 4.69) is 11.8 Å². The van der Waals surface area contributed by atoms with Gasteiger partial charge in [-0.25, -0.2) is 12.8 Å². The van der Waals surface area contributed by atoms with Crippen molar-refractivity contribution in [3.8, 4) is 0 Å². The quantitative estimate of drug-likeness (QED) is 0.715. The molecule has 0 aliphatic carbocycles. The van der Waals surface area contributed by atoms with Crippen LogP contribution < -0.4 is 0 Å². The SMILES string of the molecule is CCCCCS(=O)(=O)N1CCN(C(C)c2ccccc2F)CC1. The lowest BCUT2D eigenvalue weighted by atomic mass is 10.1. The van der Waals surface area contributed by atoms with Gasteiger partial charge in [-0.3, -0.25) is 4.90 Å². The summed E-state index contributed by atoms with van der Waals surface area (Å²) in [6.07, 6.45) is 2.69. The van der Waals surface area contributed by atoms with Crippen molar-refractivity contribution in [1.29, 1.82) is 0 Å².